The molecule has 0 fully saturated rings. The SMILES string of the molecule is CC/C=C\C/C=C\C/C=C\C/C=C\C/C=C\C/C=C\C/C=C\C/C=C\C/C=C\C/C=C\CCCCCCCCC(=O)OC(COC(=O)CCCCCCCCCCCCCCCCCCCCCCCCCCCCCCC/C=C\CCCCCCCCCC)COP(=O)(O)OCCN. The molecule has 2 atom stereocenters. The number of carbonyl (C=O) groups excluding carboxylic acids is 2. The van der Waals surface area contributed by atoms with Crippen molar-refractivity contribution in [1.82, 2.24) is 0 Å². The van der Waals surface area contributed by atoms with E-state index in [9.17, 15) is 19.0 Å². The second-order valence-electron chi connectivity index (χ2n) is 27.6. The predicted molar refractivity (Wildman–Crippen MR) is 431 cm³/mol. The molecule has 0 amide bonds. The summed E-state index contributed by atoms with van der Waals surface area (Å²) in [5, 5.41) is 0. The van der Waals surface area contributed by atoms with Crippen LogP contribution in [0.3, 0.4) is 0 Å². The third-order valence-electron chi connectivity index (χ3n) is 18.0. The standard InChI is InChI=1S/C89H156NO8P/c1-3-5-7-9-11-13-15-17-19-21-23-25-27-29-31-33-35-37-39-41-42-43-44-46-47-49-51-53-55-57-59-61-63-65-67-69-71-73-75-77-79-81-88(91)95-85-87(86-97-99(93,94)96-84-83-90)98-89(92)82-80-78-76-74-72-70-68-66-64-62-60-58-56-54-52-50-48-45-40-38-36-34-32-30-28-26-24-22-20-18-16-14-12-10-8-6-4-2/h6,8,12,14,18,20-21,23-24,26,30,32,36,38,45,48,52,54,58,60,64,66,87H,3-5,7,9-11,13,15-17,19,22,25,27-29,31,33-35,37,39-44,46-47,49-51,53,55-57,59,61-63,65,67-86,90H2,1-2H3,(H,93,94)/b8-6-,14-12-,20-18-,23-21-,26-24-,32-30-,38-36-,48-45-,54-52-,60-58-,66-64-. The summed E-state index contributed by atoms with van der Waals surface area (Å²) in [6.07, 6.45) is 119. The van der Waals surface area contributed by atoms with E-state index in [4.69, 9.17) is 24.3 Å². The van der Waals surface area contributed by atoms with E-state index in [2.05, 4.69) is 148 Å². The zero-order chi connectivity index (χ0) is 71.5. The van der Waals surface area contributed by atoms with Crippen LogP contribution in [-0.4, -0.2) is 49.3 Å². The van der Waals surface area contributed by atoms with Crippen molar-refractivity contribution >= 4 is 19.8 Å². The number of hydrogen-bond acceptors (Lipinski definition) is 8. The lowest BCUT2D eigenvalue weighted by Gasteiger charge is -2.19. The lowest BCUT2D eigenvalue weighted by atomic mass is 10.0. The topological polar surface area (TPSA) is 134 Å². The summed E-state index contributed by atoms with van der Waals surface area (Å²) < 4.78 is 33.3. The fourth-order valence-electron chi connectivity index (χ4n) is 11.9. The Labute approximate surface area is 612 Å². The molecule has 0 saturated heterocycles. The molecular formula is C89H156NO8P. The molecule has 9 nitrogen and oxygen atoms in total. The van der Waals surface area contributed by atoms with Crippen LogP contribution in [0.4, 0.5) is 0 Å². The van der Waals surface area contributed by atoms with Crippen molar-refractivity contribution in [2.24, 2.45) is 5.73 Å². The smallest absolute Gasteiger partial charge is 0.462 e. The molecule has 0 aliphatic heterocycles. The first-order valence-electron chi connectivity index (χ1n) is 41.7. The minimum atomic E-state index is -4.41. The Morgan fingerprint density at radius 2 is 0.556 bits per heavy atom. The van der Waals surface area contributed by atoms with E-state index < -0.39 is 26.5 Å². The van der Waals surface area contributed by atoms with Gasteiger partial charge in [0.25, 0.3) is 0 Å². The summed E-state index contributed by atoms with van der Waals surface area (Å²) in [7, 11) is -4.41. The van der Waals surface area contributed by atoms with E-state index >= 15 is 0 Å². The second kappa shape index (κ2) is 83.1. The summed E-state index contributed by atoms with van der Waals surface area (Å²) in [5.41, 5.74) is 5.41. The van der Waals surface area contributed by atoms with E-state index in [1.807, 2.05) is 0 Å². The molecule has 0 radical (unpaired) electrons. The molecule has 0 spiro atoms. The third-order valence-corrected chi connectivity index (χ3v) is 19.0. The van der Waals surface area contributed by atoms with E-state index in [0.717, 1.165) is 122 Å². The Bertz CT molecular complexity index is 2100. The van der Waals surface area contributed by atoms with Gasteiger partial charge in [-0.1, -0.05) is 392 Å². The number of esters is 2. The van der Waals surface area contributed by atoms with Gasteiger partial charge in [0, 0.05) is 19.4 Å². The molecule has 0 saturated carbocycles. The summed E-state index contributed by atoms with van der Waals surface area (Å²) in [5.74, 6) is -0.838. The number of rotatable bonds is 78. The molecule has 2 unspecified atom stereocenters. The van der Waals surface area contributed by atoms with E-state index in [1.54, 1.807) is 0 Å². The number of nitrogens with two attached hydrogens (primary N) is 1. The van der Waals surface area contributed by atoms with Crippen LogP contribution >= 0.6 is 7.82 Å². The Kier molecular flexibility index (Phi) is 79.9. The van der Waals surface area contributed by atoms with E-state index in [0.29, 0.717) is 6.42 Å². The Hall–Kier alpha value is -3.85. The van der Waals surface area contributed by atoms with Gasteiger partial charge in [0.05, 0.1) is 13.2 Å². The summed E-state index contributed by atoms with van der Waals surface area (Å²) in [6, 6.07) is 0. The van der Waals surface area contributed by atoms with Gasteiger partial charge in [-0.05, 0) is 116 Å². The molecule has 0 aliphatic rings. The first-order chi connectivity index (χ1) is 48.8. The highest BCUT2D eigenvalue weighted by Gasteiger charge is 2.26. The van der Waals surface area contributed by atoms with Crippen molar-refractivity contribution in [3.63, 3.8) is 0 Å². The minimum absolute atomic E-state index is 0.0460. The molecule has 0 bridgehead atoms. The van der Waals surface area contributed by atoms with Crippen LogP contribution in [0.15, 0.2) is 134 Å². The van der Waals surface area contributed by atoms with Gasteiger partial charge in [-0.3, -0.25) is 18.6 Å². The Morgan fingerprint density at radius 1 is 0.313 bits per heavy atom. The molecule has 10 heteroatoms. The van der Waals surface area contributed by atoms with Crippen LogP contribution in [0.5, 0.6) is 0 Å². The molecule has 0 heterocycles. The molecule has 0 aromatic heterocycles. The maximum absolute atomic E-state index is 12.8. The molecule has 0 aromatic rings. The first-order valence-corrected chi connectivity index (χ1v) is 43.2. The maximum Gasteiger partial charge on any atom is 0.472 e. The van der Waals surface area contributed by atoms with Gasteiger partial charge >= 0.3 is 19.8 Å². The van der Waals surface area contributed by atoms with E-state index in [1.165, 1.54) is 231 Å². The van der Waals surface area contributed by atoms with Crippen molar-refractivity contribution in [1.29, 1.82) is 0 Å². The lowest BCUT2D eigenvalue weighted by Crippen LogP contribution is -2.29. The highest BCUT2D eigenvalue weighted by atomic mass is 31.2. The van der Waals surface area contributed by atoms with Gasteiger partial charge in [0.1, 0.15) is 6.61 Å². The Morgan fingerprint density at radius 3 is 0.838 bits per heavy atom. The quantitative estimate of drug-likeness (QED) is 0.0264. The van der Waals surface area contributed by atoms with Crippen LogP contribution in [0.1, 0.15) is 386 Å². The summed E-state index contributed by atoms with van der Waals surface area (Å²) in [4.78, 5) is 35.5. The first kappa shape index (κ1) is 95.2. The number of phosphoric ester groups is 1. The number of hydrogen-bond donors (Lipinski definition) is 2. The van der Waals surface area contributed by atoms with Crippen LogP contribution < -0.4 is 5.73 Å². The highest BCUT2D eigenvalue weighted by molar-refractivity contribution is 7.47. The average molecular weight is 1400 g/mol. The van der Waals surface area contributed by atoms with Gasteiger partial charge in [-0.25, -0.2) is 4.57 Å². The number of allylic oxidation sites excluding steroid dienone is 22. The average Bonchev–Trinajstić information content (AvgIpc) is 1.64. The lowest BCUT2D eigenvalue weighted by molar-refractivity contribution is -0.161. The predicted octanol–water partition coefficient (Wildman–Crippen LogP) is 28.3. The van der Waals surface area contributed by atoms with Gasteiger partial charge in [0.15, 0.2) is 6.10 Å². The monoisotopic (exact) mass is 1400 g/mol. The molecule has 0 rings (SSSR count). The van der Waals surface area contributed by atoms with Gasteiger partial charge in [0.2, 0.25) is 0 Å². The fourth-order valence-corrected chi connectivity index (χ4v) is 12.7. The van der Waals surface area contributed by atoms with Crippen molar-refractivity contribution in [2.45, 2.75) is 392 Å². The van der Waals surface area contributed by atoms with E-state index in [-0.39, 0.29) is 38.6 Å². The van der Waals surface area contributed by atoms with Gasteiger partial charge in [-0.15, -0.1) is 0 Å². The largest absolute Gasteiger partial charge is 0.472 e. The van der Waals surface area contributed by atoms with Gasteiger partial charge in [-0.2, -0.15) is 0 Å². The normalized spacial score (nSPS) is 13.5. The number of phosphoric acid groups is 1. The molecule has 99 heavy (non-hydrogen) atoms. The highest BCUT2D eigenvalue weighted by Crippen LogP contribution is 2.43. The van der Waals surface area contributed by atoms with Crippen LogP contribution in [0, 0.1) is 0 Å². The van der Waals surface area contributed by atoms with Crippen LogP contribution in [0.25, 0.3) is 0 Å². The number of unbranched alkanes of at least 4 members (excludes halogenated alkanes) is 43. The molecule has 3 N–H and O–H groups in total. The molecule has 570 valence electrons. The Balaban J connectivity index is 3.84. The zero-order valence-electron chi connectivity index (χ0n) is 64.4. The van der Waals surface area contributed by atoms with Crippen LogP contribution in [0.2, 0.25) is 0 Å². The number of ether oxygens (including phenoxy) is 2. The van der Waals surface area contributed by atoms with Gasteiger partial charge < -0.3 is 20.1 Å². The maximum atomic E-state index is 12.8. The fraction of sp³-hybridized carbons (Fsp3) is 0.730. The zero-order valence-corrected chi connectivity index (χ0v) is 65.3. The van der Waals surface area contributed by atoms with Crippen molar-refractivity contribution in [3.05, 3.63) is 134 Å². The summed E-state index contributed by atoms with van der Waals surface area (Å²) >= 11 is 0. The summed E-state index contributed by atoms with van der Waals surface area (Å²) in [6.45, 7) is 3.65. The van der Waals surface area contributed by atoms with Crippen molar-refractivity contribution in [2.75, 3.05) is 26.4 Å². The second-order valence-corrected chi connectivity index (χ2v) is 29.1. The number of carbonyl (C=O) groups is 2. The van der Waals surface area contributed by atoms with Crippen molar-refractivity contribution in [3.8, 4) is 0 Å². The minimum Gasteiger partial charge on any atom is -0.462 e. The van der Waals surface area contributed by atoms with Crippen molar-refractivity contribution < 1.29 is 37.6 Å². The molecular weight excluding hydrogens is 1240 g/mol. The molecule has 0 aromatic carbocycles. The third kappa shape index (κ3) is 83.0. The molecule has 0 aliphatic carbocycles. The van der Waals surface area contributed by atoms with Crippen LogP contribution in [-0.2, 0) is 32.7 Å².